The molecule has 2 aromatic rings. The summed E-state index contributed by atoms with van der Waals surface area (Å²) in [7, 11) is 0. The Morgan fingerprint density at radius 2 is 2.16 bits per heavy atom. The zero-order valence-corrected chi connectivity index (χ0v) is 11.1. The van der Waals surface area contributed by atoms with Crippen LogP contribution in [-0.4, -0.2) is 17.1 Å². The minimum Gasteiger partial charge on any atom is -0.476 e. The quantitative estimate of drug-likeness (QED) is 0.886. The summed E-state index contributed by atoms with van der Waals surface area (Å²) in [6, 6.07) is 7.27. The molecule has 100 valence electrons. The van der Waals surface area contributed by atoms with Crippen molar-refractivity contribution in [1.82, 2.24) is 4.98 Å². The Labute approximate surface area is 115 Å². The highest BCUT2D eigenvalue weighted by atomic mass is 35.5. The van der Waals surface area contributed by atoms with Gasteiger partial charge in [-0.15, -0.1) is 0 Å². The van der Waals surface area contributed by atoms with Gasteiger partial charge in [0.1, 0.15) is 6.10 Å². The Morgan fingerprint density at radius 1 is 1.32 bits per heavy atom. The Morgan fingerprint density at radius 3 is 2.89 bits per heavy atom. The van der Waals surface area contributed by atoms with E-state index in [0.29, 0.717) is 16.3 Å². The molecule has 1 aliphatic rings. The normalized spacial score (nSPS) is 22.8. The maximum atomic E-state index is 12.0. The molecule has 1 heterocycles. The van der Waals surface area contributed by atoms with Gasteiger partial charge in [0.05, 0.1) is 0 Å². The lowest BCUT2D eigenvalue weighted by molar-refractivity contribution is 0.199. The number of aromatic amines is 1. The molecule has 5 heteroatoms. The van der Waals surface area contributed by atoms with Gasteiger partial charge < -0.3 is 10.5 Å². The summed E-state index contributed by atoms with van der Waals surface area (Å²) >= 11 is 5.89. The number of nitrogens with one attached hydrogen (secondary N) is 1. The van der Waals surface area contributed by atoms with E-state index < -0.39 is 0 Å². The third kappa shape index (κ3) is 2.60. The first kappa shape index (κ1) is 12.5. The lowest BCUT2D eigenvalue weighted by atomic mass is 10.2. The summed E-state index contributed by atoms with van der Waals surface area (Å²) in [4.78, 5) is 14.7. The Bertz CT molecular complexity index is 668. The minimum absolute atomic E-state index is 0.0930. The van der Waals surface area contributed by atoms with Gasteiger partial charge in [0.2, 0.25) is 0 Å². The molecule has 4 nitrogen and oxygen atoms in total. The molecule has 3 N–H and O–H groups in total. The zero-order valence-electron chi connectivity index (χ0n) is 10.4. The van der Waals surface area contributed by atoms with Gasteiger partial charge in [-0.05, 0) is 36.8 Å². The first-order valence-electron chi connectivity index (χ1n) is 6.36. The van der Waals surface area contributed by atoms with Gasteiger partial charge in [0, 0.05) is 22.5 Å². The predicted octanol–water partition coefficient (Wildman–Crippen LogP) is 2.44. The maximum absolute atomic E-state index is 12.0. The van der Waals surface area contributed by atoms with Gasteiger partial charge >= 0.3 is 0 Å². The fraction of sp³-hybridized carbons (Fsp3) is 0.357. The standard InChI is InChI=1S/C14H15ClN2O2/c15-9-2-1-8-5-13(17-14(18)12(8)6-9)19-11-4-3-10(16)7-11/h1-2,5-6,10-11H,3-4,7,16H2,(H,17,18)/t10-,11-/m0/s1. The molecular weight excluding hydrogens is 264 g/mol. The molecule has 3 rings (SSSR count). The van der Waals surface area contributed by atoms with Crippen LogP contribution in [0.5, 0.6) is 5.88 Å². The van der Waals surface area contributed by atoms with Crippen LogP contribution in [0.25, 0.3) is 10.8 Å². The van der Waals surface area contributed by atoms with Crippen molar-refractivity contribution < 1.29 is 4.74 Å². The van der Waals surface area contributed by atoms with Crippen LogP contribution in [0.15, 0.2) is 29.1 Å². The van der Waals surface area contributed by atoms with Gasteiger partial charge in [-0.1, -0.05) is 17.7 Å². The van der Waals surface area contributed by atoms with Crippen molar-refractivity contribution in [3.8, 4) is 5.88 Å². The highest BCUT2D eigenvalue weighted by Crippen LogP contribution is 2.24. The molecule has 0 saturated heterocycles. The van der Waals surface area contributed by atoms with Crippen LogP contribution in [0.4, 0.5) is 0 Å². The van der Waals surface area contributed by atoms with Crippen LogP contribution in [0.3, 0.4) is 0 Å². The van der Waals surface area contributed by atoms with E-state index in [1.54, 1.807) is 12.1 Å². The molecule has 0 unspecified atom stereocenters. The number of ether oxygens (including phenoxy) is 1. The summed E-state index contributed by atoms with van der Waals surface area (Å²) in [5.74, 6) is 0.499. The lowest BCUT2D eigenvalue weighted by Gasteiger charge is -2.13. The molecular formula is C14H15ClN2O2. The number of nitrogens with two attached hydrogens (primary N) is 1. The summed E-state index contributed by atoms with van der Waals surface area (Å²) in [6.45, 7) is 0. The third-order valence-electron chi connectivity index (χ3n) is 3.50. The molecule has 1 aromatic heterocycles. The van der Waals surface area contributed by atoms with Crippen molar-refractivity contribution in [2.75, 3.05) is 0 Å². The van der Waals surface area contributed by atoms with Crippen molar-refractivity contribution in [3.63, 3.8) is 0 Å². The molecule has 0 spiro atoms. The monoisotopic (exact) mass is 278 g/mol. The second-order valence-corrected chi connectivity index (χ2v) is 5.44. The van der Waals surface area contributed by atoms with E-state index in [1.807, 2.05) is 12.1 Å². The largest absolute Gasteiger partial charge is 0.476 e. The molecule has 0 radical (unpaired) electrons. The lowest BCUT2D eigenvalue weighted by Crippen LogP contribution is -2.20. The van der Waals surface area contributed by atoms with Crippen LogP contribution in [-0.2, 0) is 0 Å². The molecule has 2 atom stereocenters. The van der Waals surface area contributed by atoms with Crippen LogP contribution >= 0.6 is 11.6 Å². The van der Waals surface area contributed by atoms with Crippen molar-refractivity contribution >= 4 is 22.4 Å². The highest BCUT2D eigenvalue weighted by Gasteiger charge is 2.23. The van der Waals surface area contributed by atoms with Crippen LogP contribution < -0.4 is 16.0 Å². The molecule has 19 heavy (non-hydrogen) atoms. The van der Waals surface area contributed by atoms with E-state index in [4.69, 9.17) is 22.1 Å². The number of hydrogen-bond acceptors (Lipinski definition) is 3. The average molecular weight is 279 g/mol. The topological polar surface area (TPSA) is 68.1 Å². The van der Waals surface area contributed by atoms with Crippen LogP contribution in [0.2, 0.25) is 5.02 Å². The smallest absolute Gasteiger partial charge is 0.258 e. The summed E-state index contributed by atoms with van der Waals surface area (Å²) in [6.07, 6.45) is 2.83. The molecule has 0 aliphatic heterocycles. The number of H-pyrrole nitrogens is 1. The van der Waals surface area contributed by atoms with E-state index in [9.17, 15) is 4.79 Å². The van der Waals surface area contributed by atoms with E-state index in [-0.39, 0.29) is 17.7 Å². The first-order chi connectivity index (χ1) is 9.11. The predicted molar refractivity (Wildman–Crippen MR) is 75.8 cm³/mol. The maximum Gasteiger partial charge on any atom is 0.258 e. The van der Waals surface area contributed by atoms with Gasteiger partial charge in [-0.2, -0.15) is 0 Å². The third-order valence-corrected chi connectivity index (χ3v) is 3.74. The van der Waals surface area contributed by atoms with Crippen molar-refractivity contribution in [3.05, 3.63) is 39.6 Å². The van der Waals surface area contributed by atoms with Gasteiger partial charge in [0.15, 0.2) is 5.88 Å². The Hall–Kier alpha value is -1.52. The fourth-order valence-corrected chi connectivity index (χ4v) is 2.70. The molecule has 1 saturated carbocycles. The number of pyridine rings is 1. The Balaban J connectivity index is 1.93. The molecule has 1 aliphatic carbocycles. The number of rotatable bonds is 2. The average Bonchev–Trinajstić information content (AvgIpc) is 2.76. The summed E-state index contributed by atoms with van der Waals surface area (Å²) < 4.78 is 5.80. The van der Waals surface area contributed by atoms with Gasteiger partial charge in [-0.25, -0.2) is 0 Å². The van der Waals surface area contributed by atoms with Crippen molar-refractivity contribution in [2.24, 2.45) is 5.73 Å². The van der Waals surface area contributed by atoms with Gasteiger partial charge in [-0.3, -0.25) is 9.78 Å². The zero-order chi connectivity index (χ0) is 13.4. The molecule has 0 amide bonds. The Kier molecular flexibility index (Phi) is 3.21. The molecule has 1 aromatic carbocycles. The summed E-state index contributed by atoms with van der Waals surface area (Å²) in [5, 5.41) is 1.95. The molecule has 1 fully saturated rings. The van der Waals surface area contributed by atoms with Crippen LogP contribution in [0, 0.1) is 0 Å². The first-order valence-corrected chi connectivity index (χ1v) is 6.74. The van der Waals surface area contributed by atoms with Crippen LogP contribution in [0.1, 0.15) is 19.3 Å². The van der Waals surface area contributed by atoms with Crippen molar-refractivity contribution in [2.45, 2.75) is 31.4 Å². The number of halogens is 1. The fourth-order valence-electron chi connectivity index (χ4n) is 2.53. The van der Waals surface area contributed by atoms with Crippen molar-refractivity contribution in [1.29, 1.82) is 0 Å². The number of hydrogen-bond donors (Lipinski definition) is 2. The van der Waals surface area contributed by atoms with E-state index in [1.165, 1.54) is 0 Å². The highest BCUT2D eigenvalue weighted by molar-refractivity contribution is 6.31. The van der Waals surface area contributed by atoms with E-state index in [2.05, 4.69) is 4.98 Å². The second-order valence-electron chi connectivity index (χ2n) is 5.01. The number of fused-ring (bicyclic) bond motifs is 1. The van der Waals surface area contributed by atoms with E-state index in [0.717, 1.165) is 24.6 Å². The SMILES string of the molecule is N[C@H]1CC[C@H](Oc2cc3ccc(Cl)cc3c(=O)[nH]2)C1. The minimum atomic E-state index is -0.183. The molecule has 0 bridgehead atoms. The van der Waals surface area contributed by atoms with Gasteiger partial charge in [0.25, 0.3) is 5.56 Å². The van der Waals surface area contributed by atoms with E-state index >= 15 is 0 Å². The number of aromatic nitrogens is 1. The second kappa shape index (κ2) is 4.87. The summed E-state index contributed by atoms with van der Waals surface area (Å²) in [5.41, 5.74) is 5.67. The number of benzene rings is 1.